The highest BCUT2D eigenvalue weighted by atomic mass is 15.2. The zero-order chi connectivity index (χ0) is 9.26. The summed E-state index contributed by atoms with van der Waals surface area (Å²) in [5, 5.41) is 3.31. The minimum absolute atomic E-state index is 0.792. The maximum absolute atomic E-state index is 3.31. The molecule has 1 heterocycles. The van der Waals surface area contributed by atoms with Gasteiger partial charge in [0, 0.05) is 25.2 Å². The van der Waals surface area contributed by atoms with Gasteiger partial charge in [-0.05, 0) is 38.6 Å². The molecule has 0 aromatic heterocycles. The van der Waals surface area contributed by atoms with Gasteiger partial charge in [-0.25, -0.2) is 0 Å². The lowest BCUT2D eigenvalue weighted by Gasteiger charge is -2.34. The number of likely N-dealkylation sites (N-methyl/N-ethyl adjacent to an activating group) is 1. The Kier molecular flexibility index (Phi) is 2.89. The zero-order valence-corrected chi connectivity index (χ0v) is 8.92. The number of fused-ring (bicyclic) bond motifs is 2. The molecule has 1 N–H and O–H groups in total. The second-order valence-electron chi connectivity index (χ2n) is 4.65. The lowest BCUT2D eigenvalue weighted by atomic mass is 10.1. The van der Waals surface area contributed by atoms with Gasteiger partial charge in [0.2, 0.25) is 0 Å². The summed E-state index contributed by atoms with van der Waals surface area (Å²) < 4.78 is 0. The molecule has 2 rings (SSSR count). The molecular weight excluding hydrogens is 160 g/mol. The van der Waals surface area contributed by atoms with Gasteiger partial charge in [0.25, 0.3) is 0 Å². The summed E-state index contributed by atoms with van der Waals surface area (Å²) in [7, 11) is 2.07. The van der Waals surface area contributed by atoms with Gasteiger partial charge in [-0.1, -0.05) is 6.92 Å². The summed E-state index contributed by atoms with van der Waals surface area (Å²) in [5.41, 5.74) is 0. The van der Waals surface area contributed by atoms with Crippen molar-refractivity contribution in [3.05, 3.63) is 0 Å². The van der Waals surface area contributed by atoms with Crippen LogP contribution in [0.3, 0.4) is 0 Å². The minimum atomic E-state index is 0.792. The first-order chi connectivity index (χ1) is 6.35. The maximum Gasteiger partial charge on any atom is 0.0220 e. The molecule has 1 saturated carbocycles. The molecule has 13 heavy (non-hydrogen) atoms. The first-order valence-electron chi connectivity index (χ1n) is 5.75. The van der Waals surface area contributed by atoms with Gasteiger partial charge >= 0.3 is 0 Å². The third-order valence-electron chi connectivity index (χ3n) is 3.83. The first kappa shape index (κ1) is 9.47. The normalized spacial score (nSPS) is 35.5. The van der Waals surface area contributed by atoms with Gasteiger partial charge in [-0.15, -0.1) is 0 Å². The van der Waals surface area contributed by atoms with E-state index in [1.54, 1.807) is 0 Å². The van der Waals surface area contributed by atoms with Crippen molar-refractivity contribution in [1.82, 2.24) is 10.2 Å². The number of hydrogen-bond donors (Lipinski definition) is 1. The Labute approximate surface area is 81.7 Å². The van der Waals surface area contributed by atoms with E-state index in [2.05, 4.69) is 24.2 Å². The Hall–Kier alpha value is -0.0800. The molecule has 0 aromatic carbocycles. The molecule has 2 aliphatic rings. The van der Waals surface area contributed by atoms with Gasteiger partial charge in [-0.2, -0.15) is 0 Å². The summed E-state index contributed by atoms with van der Waals surface area (Å²) in [6.45, 7) is 4.86. The first-order valence-corrected chi connectivity index (χ1v) is 5.75. The Bertz CT molecular complexity index is 169. The van der Waals surface area contributed by atoms with Gasteiger partial charge in [0.15, 0.2) is 0 Å². The molecule has 1 aliphatic carbocycles. The third-order valence-corrected chi connectivity index (χ3v) is 3.83. The number of nitrogens with zero attached hydrogens (tertiary/aromatic N) is 1. The minimum Gasteiger partial charge on any atom is -0.318 e. The smallest absolute Gasteiger partial charge is 0.0220 e. The molecule has 2 bridgehead atoms. The fraction of sp³-hybridized carbons (Fsp3) is 1.00. The predicted molar refractivity (Wildman–Crippen MR) is 55.8 cm³/mol. The number of nitrogens with one attached hydrogen (secondary N) is 1. The maximum atomic E-state index is 3.31. The van der Waals surface area contributed by atoms with Crippen LogP contribution < -0.4 is 5.32 Å². The molecule has 2 fully saturated rings. The molecule has 0 radical (unpaired) electrons. The van der Waals surface area contributed by atoms with Crippen molar-refractivity contribution in [2.24, 2.45) is 5.92 Å². The molecule has 0 spiro atoms. The Morgan fingerprint density at radius 1 is 1.46 bits per heavy atom. The van der Waals surface area contributed by atoms with E-state index in [4.69, 9.17) is 0 Å². The van der Waals surface area contributed by atoms with E-state index in [9.17, 15) is 0 Å². The molecular formula is C11H22N2. The second kappa shape index (κ2) is 3.97. The van der Waals surface area contributed by atoms with Crippen LogP contribution in [0, 0.1) is 5.92 Å². The van der Waals surface area contributed by atoms with E-state index in [-0.39, 0.29) is 0 Å². The molecule has 2 heteroatoms. The fourth-order valence-corrected chi connectivity index (χ4v) is 3.14. The Morgan fingerprint density at radius 2 is 2.31 bits per heavy atom. The summed E-state index contributed by atoms with van der Waals surface area (Å²) in [4.78, 5) is 2.75. The third kappa shape index (κ3) is 1.75. The van der Waals surface area contributed by atoms with Crippen molar-refractivity contribution in [3.63, 3.8) is 0 Å². The lowest BCUT2D eigenvalue weighted by molar-refractivity contribution is 0.144. The van der Waals surface area contributed by atoms with E-state index in [1.165, 1.54) is 38.8 Å². The number of likely N-dealkylation sites (tertiary alicyclic amines) is 1. The van der Waals surface area contributed by atoms with Gasteiger partial charge in [0.1, 0.15) is 0 Å². The van der Waals surface area contributed by atoms with E-state index < -0.39 is 0 Å². The average molecular weight is 182 g/mol. The van der Waals surface area contributed by atoms with Crippen LogP contribution in [0.25, 0.3) is 0 Å². The predicted octanol–water partition coefficient (Wildman–Crippen LogP) is 1.47. The summed E-state index contributed by atoms with van der Waals surface area (Å²) in [5.74, 6) is 1.04. The highest BCUT2D eigenvalue weighted by molar-refractivity contribution is 4.95. The zero-order valence-electron chi connectivity index (χ0n) is 8.92. The summed E-state index contributed by atoms with van der Waals surface area (Å²) in [6, 6.07) is 1.73. The van der Waals surface area contributed by atoms with Crippen LogP contribution in [-0.2, 0) is 0 Å². The molecule has 0 amide bonds. The highest BCUT2D eigenvalue weighted by Crippen LogP contribution is 2.38. The topological polar surface area (TPSA) is 15.3 Å². The van der Waals surface area contributed by atoms with Crippen molar-refractivity contribution in [2.75, 3.05) is 20.1 Å². The molecule has 3 unspecified atom stereocenters. The number of piperidine rings is 1. The van der Waals surface area contributed by atoms with Crippen molar-refractivity contribution in [3.8, 4) is 0 Å². The van der Waals surface area contributed by atoms with Crippen molar-refractivity contribution >= 4 is 0 Å². The summed E-state index contributed by atoms with van der Waals surface area (Å²) >= 11 is 0. The lowest BCUT2D eigenvalue weighted by Crippen LogP contribution is -2.45. The van der Waals surface area contributed by atoms with Gasteiger partial charge < -0.3 is 5.32 Å². The Balaban J connectivity index is 1.92. The molecule has 76 valence electrons. The van der Waals surface area contributed by atoms with Crippen molar-refractivity contribution < 1.29 is 0 Å². The SMILES string of the molecule is CCC(CNC)N1CC2CCC1C2. The molecule has 0 aromatic rings. The quantitative estimate of drug-likeness (QED) is 0.708. The number of rotatable bonds is 4. The van der Waals surface area contributed by atoms with E-state index in [0.717, 1.165) is 18.0 Å². The molecule has 3 atom stereocenters. The van der Waals surface area contributed by atoms with Crippen LogP contribution in [-0.4, -0.2) is 37.1 Å². The second-order valence-corrected chi connectivity index (χ2v) is 4.65. The molecule has 1 saturated heterocycles. The highest BCUT2D eigenvalue weighted by Gasteiger charge is 2.39. The standard InChI is InChI=1S/C11H22N2/c1-3-10(7-12-2)13-8-9-4-5-11(13)6-9/h9-12H,3-8H2,1-2H3. The Morgan fingerprint density at radius 3 is 2.77 bits per heavy atom. The number of hydrogen-bond acceptors (Lipinski definition) is 2. The largest absolute Gasteiger partial charge is 0.318 e. The van der Waals surface area contributed by atoms with Crippen molar-refractivity contribution in [2.45, 2.75) is 44.7 Å². The van der Waals surface area contributed by atoms with Crippen LogP contribution in [0.15, 0.2) is 0 Å². The van der Waals surface area contributed by atoms with Gasteiger partial charge in [-0.3, -0.25) is 4.90 Å². The van der Waals surface area contributed by atoms with Crippen LogP contribution >= 0.6 is 0 Å². The van der Waals surface area contributed by atoms with E-state index in [0.29, 0.717) is 0 Å². The van der Waals surface area contributed by atoms with Crippen LogP contribution in [0.4, 0.5) is 0 Å². The van der Waals surface area contributed by atoms with Crippen molar-refractivity contribution in [1.29, 1.82) is 0 Å². The van der Waals surface area contributed by atoms with Crippen LogP contribution in [0.5, 0.6) is 0 Å². The molecule has 2 nitrogen and oxygen atoms in total. The van der Waals surface area contributed by atoms with Crippen LogP contribution in [0.2, 0.25) is 0 Å². The van der Waals surface area contributed by atoms with E-state index in [1.807, 2.05) is 0 Å². The molecule has 1 aliphatic heterocycles. The summed E-state index contributed by atoms with van der Waals surface area (Å²) in [6.07, 6.45) is 5.74. The van der Waals surface area contributed by atoms with E-state index >= 15 is 0 Å². The fourth-order valence-electron chi connectivity index (χ4n) is 3.14. The monoisotopic (exact) mass is 182 g/mol. The van der Waals surface area contributed by atoms with Crippen LogP contribution in [0.1, 0.15) is 32.6 Å². The average Bonchev–Trinajstić information content (AvgIpc) is 2.74. The van der Waals surface area contributed by atoms with Gasteiger partial charge in [0.05, 0.1) is 0 Å².